The molecule has 0 saturated carbocycles. The van der Waals surface area contributed by atoms with Crippen molar-refractivity contribution in [2.75, 3.05) is 0 Å². The van der Waals surface area contributed by atoms with Crippen molar-refractivity contribution in [2.24, 2.45) is 0 Å². The molecule has 0 saturated heterocycles. The fourth-order valence-electron chi connectivity index (χ4n) is 3.17. The highest BCUT2D eigenvalue weighted by Gasteiger charge is 2.43. The van der Waals surface area contributed by atoms with E-state index in [0.717, 1.165) is 11.1 Å². The van der Waals surface area contributed by atoms with Gasteiger partial charge in [0.25, 0.3) is 0 Å². The first kappa shape index (κ1) is 14.4. The van der Waals surface area contributed by atoms with Gasteiger partial charge in [0.1, 0.15) is 11.4 Å². The SMILES string of the molecule is Fc1cccc2c1COC2(Cn1ccnc1)c1ccc(Cl)cc1. The summed E-state index contributed by atoms with van der Waals surface area (Å²) >= 11 is 6.02. The van der Waals surface area contributed by atoms with Gasteiger partial charge in [-0.3, -0.25) is 0 Å². The quantitative estimate of drug-likeness (QED) is 0.722. The molecule has 4 rings (SSSR count). The average Bonchev–Trinajstić information content (AvgIpc) is 3.18. The smallest absolute Gasteiger partial charge is 0.137 e. The lowest BCUT2D eigenvalue weighted by molar-refractivity contribution is -0.0184. The summed E-state index contributed by atoms with van der Waals surface area (Å²) in [4.78, 5) is 4.09. The molecule has 1 aromatic heterocycles. The summed E-state index contributed by atoms with van der Waals surface area (Å²) in [5.41, 5.74) is 1.67. The van der Waals surface area contributed by atoms with E-state index in [2.05, 4.69) is 4.98 Å². The molecule has 0 radical (unpaired) electrons. The molecule has 0 fully saturated rings. The maximum absolute atomic E-state index is 14.2. The van der Waals surface area contributed by atoms with Gasteiger partial charge in [-0.1, -0.05) is 35.9 Å². The minimum atomic E-state index is -0.747. The molecule has 1 unspecified atom stereocenters. The third-order valence-corrected chi connectivity index (χ3v) is 4.54. The molecule has 0 N–H and O–H groups in total. The third-order valence-electron chi connectivity index (χ3n) is 4.29. The Kier molecular flexibility index (Phi) is 3.43. The van der Waals surface area contributed by atoms with E-state index in [1.54, 1.807) is 18.6 Å². The highest BCUT2D eigenvalue weighted by Crippen LogP contribution is 2.44. The number of hydrogen-bond acceptors (Lipinski definition) is 2. The number of aromatic nitrogens is 2. The summed E-state index contributed by atoms with van der Waals surface area (Å²) < 4.78 is 22.3. The Balaban J connectivity index is 1.90. The van der Waals surface area contributed by atoms with Gasteiger partial charge in [0.05, 0.1) is 19.5 Å². The molecule has 3 aromatic rings. The van der Waals surface area contributed by atoms with Gasteiger partial charge in [0.15, 0.2) is 0 Å². The number of hydrogen-bond donors (Lipinski definition) is 0. The van der Waals surface area contributed by atoms with Crippen LogP contribution in [0.5, 0.6) is 0 Å². The van der Waals surface area contributed by atoms with Crippen molar-refractivity contribution in [1.82, 2.24) is 9.55 Å². The van der Waals surface area contributed by atoms with Crippen LogP contribution in [0, 0.1) is 5.82 Å². The van der Waals surface area contributed by atoms with E-state index in [0.29, 0.717) is 17.1 Å². The van der Waals surface area contributed by atoms with Gasteiger partial charge in [-0.2, -0.15) is 0 Å². The number of benzene rings is 2. The van der Waals surface area contributed by atoms with Gasteiger partial charge in [0.2, 0.25) is 0 Å². The third kappa shape index (κ3) is 2.35. The summed E-state index contributed by atoms with van der Waals surface area (Å²) in [6, 6.07) is 12.6. The molecular weight excluding hydrogens is 315 g/mol. The molecule has 5 heteroatoms. The van der Waals surface area contributed by atoms with Crippen molar-refractivity contribution in [1.29, 1.82) is 0 Å². The maximum atomic E-state index is 14.2. The molecule has 23 heavy (non-hydrogen) atoms. The first-order valence-corrected chi connectivity index (χ1v) is 7.70. The lowest BCUT2D eigenvalue weighted by Gasteiger charge is -2.31. The van der Waals surface area contributed by atoms with Crippen LogP contribution in [0.15, 0.2) is 61.2 Å². The number of fused-ring (bicyclic) bond motifs is 1. The van der Waals surface area contributed by atoms with E-state index in [1.165, 1.54) is 6.07 Å². The van der Waals surface area contributed by atoms with Gasteiger partial charge in [-0.15, -0.1) is 0 Å². The van der Waals surface area contributed by atoms with Crippen LogP contribution in [0.4, 0.5) is 4.39 Å². The Bertz CT molecular complexity index is 833. The molecule has 1 atom stereocenters. The van der Waals surface area contributed by atoms with Gasteiger partial charge in [-0.25, -0.2) is 9.37 Å². The predicted molar refractivity (Wildman–Crippen MR) is 85.6 cm³/mol. The van der Waals surface area contributed by atoms with Crippen molar-refractivity contribution in [3.63, 3.8) is 0 Å². The van der Waals surface area contributed by atoms with E-state index in [1.807, 2.05) is 41.1 Å². The summed E-state index contributed by atoms with van der Waals surface area (Å²) in [5.74, 6) is -0.232. The maximum Gasteiger partial charge on any atom is 0.137 e. The van der Waals surface area contributed by atoms with Gasteiger partial charge in [-0.05, 0) is 29.3 Å². The van der Waals surface area contributed by atoms with E-state index < -0.39 is 5.60 Å². The first-order chi connectivity index (χ1) is 11.2. The van der Waals surface area contributed by atoms with E-state index >= 15 is 0 Å². The Morgan fingerprint density at radius 3 is 2.78 bits per heavy atom. The van der Waals surface area contributed by atoms with E-state index in [-0.39, 0.29) is 12.4 Å². The van der Waals surface area contributed by atoms with E-state index in [9.17, 15) is 4.39 Å². The van der Waals surface area contributed by atoms with Crippen molar-refractivity contribution in [3.8, 4) is 0 Å². The number of imidazole rings is 1. The van der Waals surface area contributed by atoms with Crippen LogP contribution in [0.3, 0.4) is 0 Å². The highest BCUT2D eigenvalue weighted by atomic mass is 35.5. The van der Waals surface area contributed by atoms with Gasteiger partial charge in [0, 0.05) is 23.0 Å². The Morgan fingerprint density at radius 1 is 1.22 bits per heavy atom. The van der Waals surface area contributed by atoms with Crippen LogP contribution in [0.25, 0.3) is 0 Å². The molecule has 0 bridgehead atoms. The van der Waals surface area contributed by atoms with Crippen LogP contribution in [-0.4, -0.2) is 9.55 Å². The molecule has 0 spiro atoms. The average molecular weight is 329 g/mol. The second-order valence-corrected chi connectivity index (χ2v) is 6.06. The molecule has 3 nitrogen and oxygen atoms in total. The summed E-state index contributed by atoms with van der Waals surface area (Å²) in [7, 11) is 0. The molecule has 1 aliphatic heterocycles. The highest BCUT2D eigenvalue weighted by molar-refractivity contribution is 6.30. The van der Waals surface area contributed by atoms with Crippen molar-refractivity contribution < 1.29 is 9.13 Å². The topological polar surface area (TPSA) is 27.1 Å². The van der Waals surface area contributed by atoms with Crippen LogP contribution in [0.1, 0.15) is 16.7 Å². The zero-order chi connectivity index (χ0) is 15.9. The molecule has 2 aromatic carbocycles. The summed E-state index contributed by atoms with van der Waals surface area (Å²) in [6.07, 6.45) is 5.33. The molecule has 2 heterocycles. The molecule has 0 aliphatic carbocycles. The Morgan fingerprint density at radius 2 is 2.04 bits per heavy atom. The normalized spacial score (nSPS) is 19.7. The second-order valence-electron chi connectivity index (χ2n) is 5.62. The number of ether oxygens (including phenoxy) is 1. The van der Waals surface area contributed by atoms with E-state index in [4.69, 9.17) is 16.3 Å². The van der Waals surface area contributed by atoms with Crippen LogP contribution in [-0.2, 0) is 23.5 Å². The zero-order valence-electron chi connectivity index (χ0n) is 12.2. The number of rotatable bonds is 3. The minimum Gasteiger partial charge on any atom is -0.359 e. The second kappa shape index (κ2) is 5.48. The molecule has 0 amide bonds. The Labute approximate surface area is 138 Å². The lowest BCUT2D eigenvalue weighted by Crippen LogP contribution is -2.32. The number of halogens is 2. The molecule has 116 valence electrons. The van der Waals surface area contributed by atoms with Crippen molar-refractivity contribution in [3.05, 3.63) is 88.7 Å². The predicted octanol–water partition coefficient (Wildman–Crippen LogP) is 4.15. The van der Waals surface area contributed by atoms with Crippen molar-refractivity contribution in [2.45, 2.75) is 18.8 Å². The van der Waals surface area contributed by atoms with Crippen LogP contribution < -0.4 is 0 Å². The van der Waals surface area contributed by atoms with Crippen molar-refractivity contribution >= 4 is 11.6 Å². The largest absolute Gasteiger partial charge is 0.359 e. The van der Waals surface area contributed by atoms with Gasteiger partial charge >= 0.3 is 0 Å². The fourth-order valence-corrected chi connectivity index (χ4v) is 3.30. The Hall–Kier alpha value is -2.17. The monoisotopic (exact) mass is 328 g/mol. The zero-order valence-corrected chi connectivity index (χ0v) is 13.0. The number of nitrogens with zero attached hydrogens (tertiary/aromatic N) is 2. The standard InChI is InChI=1S/C18H14ClFN2O/c19-14-6-4-13(5-7-14)18(11-22-9-8-21-12-22)16-2-1-3-17(20)15(16)10-23-18/h1-9,12H,10-11H2. The lowest BCUT2D eigenvalue weighted by atomic mass is 9.85. The van der Waals surface area contributed by atoms with Crippen LogP contribution in [0.2, 0.25) is 5.02 Å². The van der Waals surface area contributed by atoms with Gasteiger partial charge < -0.3 is 9.30 Å². The molecule has 1 aliphatic rings. The van der Waals surface area contributed by atoms with Crippen LogP contribution >= 0.6 is 11.6 Å². The fraction of sp³-hybridized carbons (Fsp3) is 0.167. The summed E-state index contributed by atoms with van der Waals surface area (Å²) in [5, 5.41) is 0.656. The minimum absolute atomic E-state index is 0.232. The first-order valence-electron chi connectivity index (χ1n) is 7.33. The summed E-state index contributed by atoms with van der Waals surface area (Å²) in [6.45, 7) is 0.768. The molecular formula is C18H14ClFN2O.